The van der Waals surface area contributed by atoms with Crippen LogP contribution >= 0.6 is 0 Å². The van der Waals surface area contributed by atoms with Gasteiger partial charge in [-0.2, -0.15) is 0 Å². The van der Waals surface area contributed by atoms with Crippen LogP contribution in [0, 0.1) is 0 Å². The van der Waals surface area contributed by atoms with Gasteiger partial charge in [-0.15, -0.1) is 0 Å². The van der Waals surface area contributed by atoms with E-state index in [-0.39, 0.29) is 31.3 Å². The average molecular weight is 561 g/mol. The van der Waals surface area contributed by atoms with Crippen LogP contribution < -0.4 is 19.7 Å². The third-order valence-electron chi connectivity index (χ3n) is 7.25. The molecule has 4 atom stereocenters. The van der Waals surface area contributed by atoms with Crippen LogP contribution in [0.4, 0.5) is 5.69 Å². The summed E-state index contributed by atoms with van der Waals surface area (Å²) in [6, 6.07) is 14.2. The number of aliphatic hydroxyl groups excluding tert-OH is 2. The van der Waals surface area contributed by atoms with Crippen LogP contribution in [0.2, 0.25) is 0 Å². The first-order chi connectivity index (χ1) is 19.6. The molecule has 4 rings (SSSR count). The van der Waals surface area contributed by atoms with Crippen LogP contribution in [-0.2, 0) is 25.6 Å². The van der Waals surface area contributed by atoms with E-state index in [1.165, 1.54) is 0 Å². The SMILES string of the molecule is COCCCN1CCOc2ccc(CO[C@H]3CNC[C@@H](OCC(O)CO)[C@@H]3c3ccc(OCCOC)cc3)cc21. The third-order valence-corrected chi connectivity index (χ3v) is 7.25. The highest BCUT2D eigenvalue weighted by molar-refractivity contribution is 5.61. The number of nitrogens with zero attached hydrogens (tertiary/aromatic N) is 1. The summed E-state index contributed by atoms with van der Waals surface area (Å²) in [5.41, 5.74) is 3.22. The van der Waals surface area contributed by atoms with E-state index in [9.17, 15) is 10.2 Å². The van der Waals surface area contributed by atoms with Gasteiger partial charge >= 0.3 is 0 Å². The summed E-state index contributed by atoms with van der Waals surface area (Å²) in [5, 5.41) is 22.6. The summed E-state index contributed by atoms with van der Waals surface area (Å²) in [5.74, 6) is 1.59. The number of hydrogen-bond acceptors (Lipinski definition) is 10. The number of aliphatic hydroxyl groups is 2. The summed E-state index contributed by atoms with van der Waals surface area (Å²) < 4.78 is 34.6. The van der Waals surface area contributed by atoms with Crippen LogP contribution in [0.5, 0.6) is 11.5 Å². The number of methoxy groups -OCH3 is 2. The molecule has 0 aromatic heterocycles. The number of piperidine rings is 1. The van der Waals surface area contributed by atoms with Gasteiger partial charge in [-0.05, 0) is 41.8 Å². The molecule has 0 bridgehead atoms. The Bertz CT molecular complexity index is 1010. The molecule has 0 saturated carbocycles. The maximum absolute atomic E-state index is 9.91. The lowest BCUT2D eigenvalue weighted by Crippen LogP contribution is -2.51. The molecule has 0 spiro atoms. The normalized spacial score (nSPS) is 21.5. The van der Waals surface area contributed by atoms with E-state index in [1.807, 2.05) is 30.3 Å². The van der Waals surface area contributed by atoms with Gasteiger partial charge in [0.1, 0.15) is 30.8 Å². The van der Waals surface area contributed by atoms with Crippen LogP contribution in [0.25, 0.3) is 0 Å². The number of fused-ring (bicyclic) bond motifs is 1. The number of anilines is 1. The van der Waals surface area contributed by atoms with E-state index >= 15 is 0 Å². The molecule has 222 valence electrons. The van der Waals surface area contributed by atoms with E-state index in [4.69, 9.17) is 28.4 Å². The fraction of sp³-hybridized carbons (Fsp3) is 0.600. The molecule has 0 aliphatic carbocycles. The Morgan fingerprint density at radius 3 is 2.52 bits per heavy atom. The second-order valence-corrected chi connectivity index (χ2v) is 10.1. The fourth-order valence-corrected chi connectivity index (χ4v) is 5.18. The van der Waals surface area contributed by atoms with Crippen molar-refractivity contribution >= 4 is 5.69 Å². The molecule has 10 nitrogen and oxygen atoms in total. The van der Waals surface area contributed by atoms with Crippen LogP contribution in [-0.4, -0.2) is 109 Å². The Morgan fingerprint density at radius 1 is 1.00 bits per heavy atom. The van der Waals surface area contributed by atoms with Gasteiger partial charge < -0.3 is 48.9 Å². The molecule has 0 amide bonds. The molecule has 2 aromatic carbocycles. The Balaban J connectivity index is 1.47. The standard InChI is InChI=1S/C30H44N2O8/c1-35-12-3-10-32-11-13-38-27-9-4-22(16-26(27)32)20-39-28-17-31-18-29(40-21-24(34)19-33)30(28)23-5-7-25(8-6-23)37-15-14-36-2/h4-9,16,24,28-31,33-34H,3,10-15,17-21H2,1-2H3/t24?,28-,29+,30+/m0/s1. The topological polar surface area (TPSA) is 111 Å². The zero-order chi connectivity index (χ0) is 28.2. The van der Waals surface area contributed by atoms with Crippen molar-refractivity contribution in [3.8, 4) is 11.5 Å². The third kappa shape index (κ3) is 8.53. The number of nitrogens with one attached hydrogen (secondary N) is 1. The molecule has 2 aliphatic rings. The number of benzene rings is 2. The van der Waals surface area contributed by atoms with Gasteiger partial charge in [0.2, 0.25) is 0 Å². The van der Waals surface area contributed by atoms with Gasteiger partial charge in [0.15, 0.2) is 0 Å². The number of hydrogen-bond donors (Lipinski definition) is 3. The smallest absolute Gasteiger partial charge is 0.142 e. The van der Waals surface area contributed by atoms with Crippen molar-refractivity contribution in [3.63, 3.8) is 0 Å². The van der Waals surface area contributed by atoms with Gasteiger partial charge in [0.25, 0.3) is 0 Å². The Kier molecular flexibility index (Phi) is 12.3. The van der Waals surface area contributed by atoms with Gasteiger partial charge in [-0.1, -0.05) is 18.2 Å². The lowest BCUT2D eigenvalue weighted by atomic mass is 9.85. The molecule has 3 N–H and O–H groups in total. The molecule has 10 heteroatoms. The summed E-state index contributed by atoms with van der Waals surface area (Å²) in [4.78, 5) is 2.35. The van der Waals surface area contributed by atoms with Gasteiger partial charge in [-0.3, -0.25) is 0 Å². The predicted octanol–water partition coefficient (Wildman–Crippen LogP) is 1.96. The minimum atomic E-state index is -0.928. The van der Waals surface area contributed by atoms with E-state index in [0.717, 1.165) is 54.4 Å². The second kappa shape index (κ2) is 16.1. The number of rotatable bonds is 16. The first-order valence-corrected chi connectivity index (χ1v) is 14.1. The molecular formula is C30H44N2O8. The summed E-state index contributed by atoms with van der Waals surface area (Å²) in [6.07, 6.45) is -0.388. The quantitative estimate of drug-likeness (QED) is 0.264. The van der Waals surface area contributed by atoms with E-state index in [2.05, 4.69) is 22.3 Å². The summed E-state index contributed by atoms with van der Waals surface area (Å²) in [6.45, 7) is 5.58. The second-order valence-electron chi connectivity index (χ2n) is 10.1. The molecule has 1 saturated heterocycles. The monoisotopic (exact) mass is 560 g/mol. The predicted molar refractivity (Wildman–Crippen MR) is 151 cm³/mol. The molecule has 1 unspecified atom stereocenters. The maximum atomic E-state index is 9.91. The molecule has 0 radical (unpaired) electrons. The van der Waals surface area contributed by atoms with Crippen molar-refractivity contribution in [2.75, 3.05) is 84.9 Å². The lowest BCUT2D eigenvalue weighted by molar-refractivity contribution is -0.0833. The molecular weight excluding hydrogens is 516 g/mol. The Labute approximate surface area is 237 Å². The van der Waals surface area contributed by atoms with Gasteiger partial charge in [-0.25, -0.2) is 0 Å². The maximum Gasteiger partial charge on any atom is 0.142 e. The van der Waals surface area contributed by atoms with E-state index in [0.29, 0.717) is 39.5 Å². The summed E-state index contributed by atoms with van der Waals surface area (Å²) in [7, 11) is 3.38. The van der Waals surface area contributed by atoms with Gasteiger partial charge in [0.05, 0.1) is 50.9 Å². The largest absolute Gasteiger partial charge is 0.491 e. The molecule has 2 heterocycles. The molecule has 2 aliphatic heterocycles. The van der Waals surface area contributed by atoms with Crippen LogP contribution in [0.1, 0.15) is 23.5 Å². The lowest BCUT2D eigenvalue weighted by Gasteiger charge is -2.39. The van der Waals surface area contributed by atoms with Crippen molar-refractivity contribution in [2.45, 2.75) is 37.3 Å². The first-order valence-electron chi connectivity index (χ1n) is 14.1. The Morgan fingerprint density at radius 2 is 1.77 bits per heavy atom. The first kappa shape index (κ1) is 30.5. The van der Waals surface area contributed by atoms with Crippen molar-refractivity contribution < 1.29 is 38.6 Å². The van der Waals surface area contributed by atoms with Crippen molar-refractivity contribution in [1.82, 2.24) is 5.32 Å². The summed E-state index contributed by atoms with van der Waals surface area (Å²) >= 11 is 0. The van der Waals surface area contributed by atoms with Crippen molar-refractivity contribution in [3.05, 3.63) is 53.6 Å². The van der Waals surface area contributed by atoms with Crippen LogP contribution in [0.3, 0.4) is 0 Å². The zero-order valence-electron chi connectivity index (χ0n) is 23.6. The van der Waals surface area contributed by atoms with Crippen molar-refractivity contribution in [2.24, 2.45) is 0 Å². The molecule has 40 heavy (non-hydrogen) atoms. The highest BCUT2D eigenvalue weighted by Crippen LogP contribution is 2.35. The van der Waals surface area contributed by atoms with Gasteiger partial charge in [0, 0.05) is 46.4 Å². The molecule has 1 fully saturated rings. The van der Waals surface area contributed by atoms with E-state index < -0.39 is 6.10 Å². The van der Waals surface area contributed by atoms with E-state index in [1.54, 1.807) is 14.2 Å². The highest BCUT2D eigenvalue weighted by Gasteiger charge is 2.36. The minimum absolute atomic E-state index is 0.0496. The van der Waals surface area contributed by atoms with Crippen molar-refractivity contribution in [1.29, 1.82) is 0 Å². The molecule has 2 aromatic rings. The highest BCUT2D eigenvalue weighted by atomic mass is 16.5. The number of ether oxygens (including phenoxy) is 6. The van der Waals surface area contributed by atoms with Crippen LogP contribution in [0.15, 0.2) is 42.5 Å². The fourth-order valence-electron chi connectivity index (χ4n) is 5.18. The minimum Gasteiger partial charge on any atom is -0.491 e. The zero-order valence-corrected chi connectivity index (χ0v) is 23.6. The Hall–Kier alpha value is -2.44. The average Bonchev–Trinajstić information content (AvgIpc) is 2.99.